The van der Waals surface area contributed by atoms with Crippen LogP contribution in [0.1, 0.15) is 40.5 Å². The number of carbonyl (C=O) groups is 1. The minimum Gasteiger partial charge on any atom is -0.317 e. The number of urea groups is 1. The number of thiazole rings is 1. The summed E-state index contributed by atoms with van der Waals surface area (Å²) < 4.78 is 0. The van der Waals surface area contributed by atoms with Crippen LogP contribution in [0.3, 0.4) is 0 Å². The van der Waals surface area contributed by atoms with Crippen molar-refractivity contribution >= 4 is 22.5 Å². The van der Waals surface area contributed by atoms with Gasteiger partial charge in [0.1, 0.15) is 10.9 Å². The van der Waals surface area contributed by atoms with E-state index in [-0.39, 0.29) is 12.1 Å². The Morgan fingerprint density at radius 2 is 2.13 bits per heavy atom. The first-order chi connectivity index (χ1) is 11.1. The van der Waals surface area contributed by atoms with Crippen LogP contribution < -0.4 is 5.32 Å². The predicted octanol–water partition coefficient (Wildman–Crippen LogP) is 4.00. The molecule has 1 aromatic heterocycles. The summed E-state index contributed by atoms with van der Waals surface area (Å²) in [6.07, 6.45) is 3.44. The molecule has 6 heteroatoms. The van der Waals surface area contributed by atoms with E-state index in [9.17, 15) is 4.79 Å². The first kappa shape index (κ1) is 15.5. The van der Waals surface area contributed by atoms with Gasteiger partial charge in [0.15, 0.2) is 5.13 Å². The molecule has 0 aliphatic carbocycles. The lowest BCUT2D eigenvalue weighted by atomic mass is 10.00. The zero-order valence-electron chi connectivity index (χ0n) is 13.2. The summed E-state index contributed by atoms with van der Waals surface area (Å²) in [7, 11) is 0. The van der Waals surface area contributed by atoms with Gasteiger partial charge in [0, 0.05) is 6.54 Å². The number of nitriles is 1. The topological polar surface area (TPSA) is 69.0 Å². The SMILES string of the molecule is Cc1cc(C)cc(C2CCCN2C(=O)Nc2ncc(C#N)s2)c1. The van der Waals surface area contributed by atoms with E-state index in [0.717, 1.165) is 19.4 Å². The van der Waals surface area contributed by atoms with E-state index < -0.39 is 0 Å². The van der Waals surface area contributed by atoms with Crippen molar-refractivity contribution in [3.8, 4) is 6.07 Å². The molecule has 5 nitrogen and oxygen atoms in total. The van der Waals surface area contributed by atoms with Gasteiger partial charge in [-0.1, -0.05) is 40.7 Å². The molecule has 2 aromatic rings. The van der Waals surface area contributed by atoms with Crippen LogP contribution in [0, 0.1) is 25.2 Å². The molecular weight excluding hydrogens is 308 g/mol. The summed E-state index contributed by atoms with van der Waals surface area (Å²) in [6, 6.07) is 8.43. The van der Waals surface area contributed by atoms with Crippen LogP contribution in [0.15, 0.2) is 24.4 Å². The van der Waals surface area contributed by atoms with Crippen LogP contribution in [0.4, 0.5) is 9.93 Å². The molecule has 0 spiro atoms. The molecule has 1 saturated heterocycles. The Labute approximate surface area is 139 Å². The van der Waals surface area contributed by atoms with Gasteiger partial charge in [-0.3, -0.25) is 5.32 Å². The number of carbonyl (C=O) groups excluding carboxylic acids is 1. The number of anilines is 1. The largest absolute Gasteiger partial charge is 0.324 e. The van der Waals surface area contributed by atoms with Gasteiger partial charge in [-0.15, -0.1) is 0 Å². The molecule has 1 atom stereocenters. The van der Waals surface area contributed by atoms with E-state index in [1.807, 2.05) is 11.0 Å². The zero-order chi connectivity index (χ0) is 16.4. The van der Waals surface area contributed by atoms with Gasteiger partial charge in [-0.25, -0.2) is 9.78 Å². The lowest BCUT2D eigenvalue weighted by molar-refractivity contribution is 0.207. The summed E-state index contributed by atoms with van der Waals surface area (Å²) >= 11 is 1.19. The van der Waals surface area contributed by atoms with Crippen LogP contribution in [-0.4, -0.2) is 22.5 Å². The number of nitrogens with one attached hydrogen (secondary N) is 1. The Bertz CT molecular complexity index is 757. The van der Waals surface area contributed by atoms with Crippen molar-refractivity contribution in [2.24, 2.45) is 0 Å². The fourth-order valence-corrected chi connectivity index (χ4v) is 3.71. The molecule has 2 amide bonds. The van der Waals surface area contributed by atoms with Crippen LogP contribution in [0.2, 0.25) is 0 Å². The van der Waals surface area contributed by atoms with Gasteiger partial charge in [0.25, 0.3) is 0 Å². The number of aromatic nitrogens is 1. The summed E-state index contributed by atoms with van der Waals surface area (Å²) in [5.74, 6) is 0. The van der Waals surface area contributed by atoms with Crippen molar-refractivity contribution < 1.29 is 4.79 Å². The van der Waals surface area contributed by atoms with Crippen LogP contribution >= 0.6 is 11.3 Å². The molecule has 23 heavy (non-hydrogen) atoms. The average molecular weight is 326 g/mol. The minimum atomic E-state index is -0.148. The molecule has 1 fully saturated rings. The van der Waals surface area contributed by atoms with Crippen LogP contribution in [0.5, 0.6) is 0 Å². The van der Waals surface area contributed by atoms with Gasteiger partial charge in [0.2, 0.25) is 0 Å². The predicted molar refractivity (Wildman–Crippen MR) is 90.4 cm³/mol. The van der Waals surface area contributed by atoms with E-state index in [2.05, 4.69) is 42.3 Å². The normalized spacial score (nSPS) is 17.1. The third kappa shape index (κ3) is 3.35. The summed E-state index contributed by atoms with van der Waals surface area (Å²) in [4.78, 5) is 19.0. The second-order valence-electron chi connectivity index (χ2n) is 5.84. The molecule has 1 N–H and O–H groups in total. The third-order valence-corrected chi connectivity index (χ3v) is 4.79. The molecule has 3 rings (SSSR count). The van der Waals surface area contributed by atoms with Gasteiger partial charge in [-0.2, -0.15) is 5.26 Å². The Hall–Kier alpha value is -2.39. The number of aryl methyl sites for hydroxylation is 2. The standard InChI is InChI=1S/C17H18N4OS/c1-11-6-12(2)8-13(7-11)15-4-3-5-21(15)17(22)20-16-19-10-14(9-18)23-16/h6-8,10,15H,3-5H2,1-2H3,(H,19,20,22). The smallest absolute Gasteiger partial charge is 0.317 e. The highest BCUT2D eigenvalue weighted by atomic mass is 32.1. The Balaban J connectivity index is 1.78. The number of amides is 2. The van der Waals surface area contributed by atoms with Crippen molar-refractivity contribution in [2.45, 2.75) is 32.7 Å². The number of hydrogen-bond donors (Lipinski definition) is 1. The monoisotopic (exact) mass is 326 g/mol. The molecule has 2 heterocycles. The zero-order valence-corrected chi connectivity index (χ0v) is 14.0. The quantitative estimate of drug-likeness (QED) is 0.907. The molecule has 0 saturated carbocycles. The molecule has 1 aliphatic heterocycles. The highest BCUT2D eigenvalue weighted by Gasteiger charge is 2.30. The molecule has 0 radical (unpaired) electrons. The lowest BCUT2D eigenvalue weighted by Crippen LogP contribution is -2.34. The highest BCUT2D eigenvalue weighted by molar-refractivity contribution is 7.16. The molecule has 118 valence electrons. The minimum absolute atomic E-state index is 0.101. The van der Waals surface area contributed by atoms with Gasteiger partial charge >= 0.3 is 6.03 Å². The number of hydrogen-bond acceptors (Lipinski definition) is 4. The van der Waals surface area contributed by atoms with E-state index in [4.69, 9.17) is 5.26 Å². The van der Waals surface area contributed by atoms with E-state index >= 15 is 0 Å². The van der Waals surface area contributed by atoms with Crippen molar-refractivity contribution in [2.75, 3.05) is 11.9 Å². The van der Waals surface area contributed by atoms with Crippen molar-refractivity contribution in [3.63, 3.8) is 0 Å². The molecule has 1 unspecified atom stereocenters. The van der Waals surface area contributed by atoms with Gasteiger partial charge in [0.05, 0.1) is 12.2 Å². The summed E-state index contributed by atoms with van der Waals surface area (Å²) in [5.41, 5.74) is 3.61. The van der Waals surface area contributed by atoms with E-state index in [0.29, 0.717) is 10.0 Å². The number of benzene rings is 1. The Kier molecular flexibility index (Phi) is 4.30. The van der Waals surface area contributed by atoms with Gasteiger partial charge in [-0.05, 0) is 32.3 Å². The average Bonchev–Trinajstić information content (AvgIpc) is 3.14. The summed E-state index contributed by atoms with van der Waals surface area (Å²) in [6.45, 7) is 4.89. The molecule has 1 aromatic carbocycles. The highest BCUT2D eigenvalue weighted by Crippen LogP contribution is 2.33. The first-order valence-corrected chi connectivity index (χ1v) is 8.40. The first-order valence-electron chi connectivity index (χ1n) is 7.58. The van der Waals surface area contributed by atoms with Crippen molar-refractivity contribution in [1.29, 1.82) is 5.26 Å². The number of nitrogens with zero attached hydrogens (tertiary/aromatic N) is 3. The maximum atomic E-state index is 12.6. The maximum absolute atomic E-state index is 12.6. The Morgan fingerprint density at radius 3 is 2.78 bits per heavy atom. The van der Waals surface area contributed by atoms with Crippen molar-refractivity contribution in [3.05, 3.63) is 46.0 Å². The second-order valence-corrected chi connectivity index (χ2v) is 6.87. The molecule has 0 bridgehead atoms. The number of rotatable bonds is 2. The van der Waals surface area contributed by atoms with Crippen molar-refractivity contribution in [1.82, 2.24) is 9.88 Å². The molecule has 1 aliphatic rings. The van der Waals surface area contributed by atoms with Crippen LogP contribution in [-0.2, 0) is 0 Å². The fourth-order valence-electron chi connectivity index (χ4n) is 3.11. The van der Waals surface area contributed by atoms with E-state index in [1.54, 1.807) is 0 Å². The lowest BCUT2D eigenvalue weighted by Gasteiger charge is -2.25. The molecular formula is C17H18N4OS. The fraction of sp³-hybridized carbons (Fsp3) is 0.353. The maximum Gasteiger partial charge on any atom is 0.324 e. The Morgan fingerprint density at radius 1 is 1.39 bits per heavy atom. The second kappa shape index (κ2) is 6.39. The third-order valence-electron chi connectivity index (χ3n) is 3.97. The van der Waals surface area contributed by atoms with E-state index in [1.165, 1.54) is 34.2 Å². The number of likely N-dealkylation sites (tertiary alicyclic amines) is 1. The van der Waals surface area contributed by atoms with Gasteiger partial charge < -0.3 is 4.90 Å². The summed E-state index contributed by atoms with van der Waals surface area (Å²) in [5, 5.41) is 12.1. The van der Waals surface area contributed by atoms with Crippen LogP contribution in [0.25, 0.3) is 0 Å².